The molecule has 2 N–H and O–H groups in total. The number of para-hydroxylation sites is 1. The molecule has 0 aliphatic carbocycles. The number of aliphatic hydroxyl groups is 1. The maximum absolute atomic E-state index is 8.74. The van der Waals surface area contributed by atoms with Crippen LogP contribution in [0.4, 0.5) is 0 Å². The predicted octanol–water partition coefficient (Wildman–Crippen LogP) is 3.71. The van der Waals surface area contributed by atoms with Gasteiger partial charge in [-0.1, -0.05) is 42.5 Å². The molecule has 134 valence electrons. The van der Waals surface area contributed by atoms with E-state index in [1.165, 1.54) is 22.2 Å². The molecule has 0 fully saturated rings. The fourth-order valence-corrected chi connectivity index (χ4v) is 3.72. The molecule has 25 heavy (non-hydrogen) atoms. The zero-order valence-corrected chi connectivity index (χ0v) is 14.9. The zero-order valence-electron chi connectivity index (χ0n) is 14.9. The van der Waals surface area contributed by atoms with Crippen LogP contribution in [0.15, 0.2) is 48.6 Å². The van der Waals surface area contributed by atoms with Gasteiger partial charge in [0.25, 0.3) is 0 Å². The summed E-state index contributed by atoms with van der Waals surface area (Å²) < 4.78 is 7.80. The Bertz CT molecular complexity index is 746. The summed E-state index contributed by atoms with van der Waals surface area (Å²) in [6.07, 6.45) is 12.4. The molecule has 4 nitrogen and oxygen atoms in total. The molecular formula is C21H28N2O2. The summed E-state index contributed by atoms with van der Waals surface area (Å²) in [5.74, 6) is 0. The lowest BCUT2D eigenvalue weighted by Gasteiger charge is -2.26. The fourth-order valence-electron chi connectivity index (χ4n) is 3.72. The SMILES string of the molecule is COCn1c2c(c3ccccc31)CCN[C@@H]2C/C=C/CC/C=C/CO. The van der Waals surface area contributed by atoms with Gasteiger partial charge in [-0.25, -0.2) is 0 Å². The number of benzene rings is 1. The third-order valence-electron chi connectivity index (χ3n) is 4.78. The minimum absolute atomic E-state index is 0.128. The Kier molecular flexibility index (Phi) is 6.45. The van der Waals surface area contributed by atoms with Gasteiger partial charge in [0.1, 0.15) is 6.73 Å². The van der Waals surface area contributed by atoms with Crippen molar-refractivity contribution >= 4 is 10.9 Å². The van der Waals surface area contributed by atoms with Crippen molar-refractivity contribution in [3.63, 3.8) is 0 Å². The number of methoxy groups -OCH3 is 1. The van der Waals surface area contributed by atoms with Crippen molar-refractivity contribution in [1.82, 2.24) is 9.88 Å². The average molecular weight is 340 g/mol. The maximum Gasteiger partial charge on any atom is 0.122 e. The Morgan fingerprint density at radius 2 is 2.00 bits per heavy atom. The quantitative estimate of drug-likeness (QED) is 0.569. The third kappa shape index (κ3) is 4.03. The first-order chi connectivity index (χ1) is 12.4. The van der Waals surface area contributed by atoms with Crippen LogP contribution in [-0.4, -0.2) is 29.9 Å². The summed E-state index contributed by atoms with van der Waals surface area (Å²) in [6, 6.07) is 8.97. The third-order valence-corrected chi connectivity index (χ3v) is 4.78. The number of hydrogen-bond donors (Lipinski definition) is 2. The standard InChI is InChI=1S/C21H28N2O2/c1-25-16-23-20-12-8-7-10-17(20)18-13-14-22-19(21(18)23)11-6-4-2-3-5-9-15-24/h4-10,12,19,22,24H,2-3,11,13-16H2,1H3/b6-4+,9-5+/t19-/m1/s1. The van der Waals surface area contributed by atoms with Crippen LogP contribution in [0.5, 0.6) is 0 Å². The number of aromatic nitrogens is 1. The monoisotopic (exact) mass is 340 g/mol. The van der Waals surface area contributed by atoms with Crippen molar-refractivity contribution in [3.05, 3.63) is 59.8 Å². The van der Waals surface area contributed by atoms with Gasteiger partial charge >= 0.3 is 0 Å². The molecule has 0 saturated heterocycles. The summed E-state index contributed by atoms with van der Waals surface area (Å²) in [4.78, 5) is 0. The summed E-state index contributed by atoms with van der Waals surface area (Å²) in [5.41, 5.74) is 4.11. The molecule has 0 spiro atoms. The van der Waals surface area contributed by atoms with Crippen LogP contribution >= 0.6 is 0 Å². The minimum Gasteiger partial charge on any atom is -0.392 e. The van der Waals surface area contributed by atoms with E-state index in [1.54, 1.807) is 13.2 Å². The lowest BCUT2D eigenvalue weighted by molar-refractivity contribution is 0.130. The molecule has 1 aromatic heterocycles. The van der Waals surface area contributed by atoms with E-state index in [4.69, 9.17) is 9.84 Å². The van der Waals surface area contributed by atoms with E-state index in [0.717, 1.165) is 32.2 Å². The van der Waals surface area contributed by atoms with E-state index >= 15 is 0 Å². The normalized spacial score (nSPS) is 17.8. The first-order valence-corrected chi connectivity index (χ1v) is 9.10. The van der Waals surface area contributed by atoms with Crippen molar-refractivity contribution in [3.8, 4) is 0 Å². The molecular weight excluding hydrogens is 312 g/mol. The average Bonchev–Trinajstić information content (AvgIpc) is 2.96. The molecule has 0 bridgehead atoms. The van der Waals surface area contributed by atoms with Gasteiger partial charge in [-0.05, 0) is 43.9 Å². The van der Waals surface area contributed by atoms with Crippen LogP contribution < -0.4 is 5.32 Å². The summed E-state index contributed by atoms with van der Waals surface area (Å²) in [7, 11) is 1.76. The van der Waals surface area contributed by atoms with Crippen molar-refractivity contribution in [2.24, 2.45) is 0 Å². The number of fused-ring (bicyclic) bond motifs is 3. The van der Waals surface area contributed by atoms with Gasteiger partial charge in [-0.2, -0.15) is 0 Å². The van der Waals surface area contributed by atoms with Gasteiger partial charge in [0.2, 0.25) is 0 Å². The lowest BCUT2D eigenvalue weighted by Crippen LogP contribution is -2.31. The van der Waals surface area contributed by atoms with Crippen LogP contribution in [0, 0.1) is 0 Å². The highest BCUT2D eigenvalue weighted by atomic mass is 16.5. The molecule has 0 radical (unpaired) electrons. The first-order valence-electron chi connectivity index (χ1n) is 9.10. The molecule has 0 amide bonds. The summed E-state index contributed by atoms with van der Waals surface area (Å²) in [6.45, 7) is 1.73. The van der Waals surface area contributed by atoms with Crippen LogP contribution in [0.1, 0.15) is 36.6 Å². The number of ether oxygens (including phenoxy) is 1. The largest absolute Gasteiger partial charge is 0.392 e. The van der Waals surface area contributed by atoms with Crippen LogP contribution in [-0.2, 0) is 17.9 Å². The van der Waals surface area contributed by atoms with Gasteiger partial charge in [0.15, 0.2) is 0 Å². The lowest BCUT2D eigenvalue weighted by atomic mass is 9.97. The Hall–Kier alpha value is -1.88. The van der Waals surface area contributed by atoms with Crippen molar-refractivity contribution < 1.29 is 9.84 Å². The molecule has 2 heterocycles. The van der Waals surface area contributed by atoms with Gasteiger partial charge < -0.3 is 19.7 Å². The van der Waals surface area contributed by atoms with E-state index in [0.29, 0.717) is 12.8 Å². The predicted molar refractivity (Wildman–Crippen MR) is 103 cm³/mol. The second kappa shape index (κ2) is 8.99. The number of rotatable bonds is 8. The van der Waals surface area contributed by atoms with Crippen LogP contribution in [0.3, 0.4) is 0 Å². The molecule has 0 unspecified atom stereocenters. The summed E-state index contributed by atoms with van der Waals surface area (Å²) >= 11 is 0. The smallest absolute Gasteiger partial charge is 0.122 e. The number of hydrogen-bond acceptors (Lipinski definition) is 3. The highest BCUT2D eigenvalue weighted by molar-refractivity contribution is 5.86. The van der Waals surface area contributed by atoms with Gasteiger partial charge in [-0.15, -0.1) is 0 Å². The van der Waals surface area contributed by atoms with Gasteiger partial charge in [-0.3, -0.25) is 0 Å². The van der Waals surface area contributed by atoms with Crippen LogP contribution in [0.2, 0.25) is 0 Å². The van der Waals surface area contributed by atoms with E-state index in [9.17, 15) is 0 Å². The highest BCUT2D eigenvalue weighted by Crippen LogP contribution is 2.34. The highest BCUT2D eigenvalue weighted by Gasteiger charge is 2.26. The van der Waals surface area contributed by atoms with Crippen molar-refractivity contribution in [2.45, 2.75) is 38.5 Å². The molecule has 1 aliphatic rings. The van der Waals surface area contributed by atoms with E-state index in [-0.39, 0.29) is 6.61 Å². The Labute approximate surface area is 149 Å². The molecule has 1 aliphatic heterocycles. The molecule has 3 rings (SSSR count). The van der Waals surface area contributed by atoms with Gasteiger partial charge in [0.05, 0.1) is 18.2 Å². The Morgan fingerprint density at radius 1 is 1.20 bits per heavy atom. The summed E-state index contributed by atoms with van der Waals surface area (Å²) in [5, 5.41) is 13.8. The molecule has 4 heteroatoms. The van der Waals surface area contributed by atoms with E-state index in [1.807, 2.05) is 6.08 Å². The van der Waals surface area contributed by atoms with Gasteiger partial charge in [0, 0.05) is 18.2 Å². The minimum atomic E-state index is 0.128. The molecule has 1 atom stereocenters. The fraction of sp³-hybridized carbons (Fsp3) is 0.429. The maximum atomic E-state index is 8.74. The topological polar surface area (TPSA) is 46.4 Å². The number of nitrogens with one attached hydrogen (secondary N) is 1. The van der Waals surface area contributed by atoms with E-state index < -0.39 is 0 Å². The van der Waals surface area contributed by atoms with Crippen molar-refractivity contribution in [2.75, 3.05) is 20.3 Å². The molecule has 1 aromatic carbocycles. The van der Waals surface area contributed by atoms with Crippen molar-refractivity contribution in [1.29, 1.82) is 0 Å². The Morgan fingerprint density at radius 3 is 2.80 bits per heavy atom. The number of aliphatic hydroxyl groups excluding tert-OH is 1. The number of allylic oxidation sites excluding steroid dienone is 2. The first kappa shape index (κ1) is 17.9. The zero-order chi connectivity index (χ0) is 17.5. The van der Waals surface area contributed by atoms with Crippen LogP contribution in [0.25, 0.3) is 10.9 Å². The molecule has 2 aromatic rings. The van der Waals surface area contributed by atoms with E-state index in [2.05, 4.69) is 46.3 Å². The number of nitrogens with zero attached hydrogens (tertiary/aromatic N) is 1. The second-order valence-electron chi connectivity index (χ2n) is 6.42. The number of unbranched alkanes of at least 4 members (excludes halogenated alkanes) is 1. The Balaban J connectivity index is 1.79. The molecule has 0 saturated carbocycles. The second-order valence-corrected chi connectivity index (χ2v) is 6.42.